The Balaban J connectivity index is 0.000000775. The van der Waals surface area contributed by atoms with Crippen LogP contribution in [0.3, 0.4) is 0 Å². The molecule has 0 spiro atoms. The maximum absolute atomic E-state index is 15.1. The molecule has 3 aromatic heterocycles. The third kappa shape index (κ3) is 3.77. The molecule has 2 atom stereocenters. The van der Waals surface area contributed by atoms with Crippen molar-refractivity contribution in [1.82, 2.24) is 25.1 Å². The lowest BCUT2D eigenvalue weighted by Gasteiger charge is -2.40. The van der Waals surface area contributed by atoms with Crippen LogP contribution in [-0.2, 0) is 4.79 Å². The van der Waals surface area contributed by atoms with E-state index in [9.17, 15) is 5.11 Å². The van der Waals surface area contributed by atoms with E-state index in [0.717, 1.165) is 11.9 Å². The lowest BCUT2D eigenvalue weighted by atomic mass is 9.87. The van der Waals surface area contributed by atoms with Crippen molar-refractivity contribution >= 4 is 28.6 Å². The molecular formula is C22H24FN5O4. The Labute approximate surface area is 182 Å². The Morgan fingerprint density at radius 2 is 2.06 bits per heavy atom. The average molecular weight is 441 g/mol. The van der Waals surface area contributed by atoms with E-state index >= 15 is 4.39 Å². The maximum atomic E-state index is 15.1. The fourth-order valence-electron chi connectivity index (χ4n) is 4.18. The zero-order chi connectivity index (χ0) is 23.0. The molecule has 5 rings (SSSR count). The number of fused-ring (bicyclic) bond motifs is 2. The maximum Gasteiger partial charge on any atom is 0.290 e. The Hall–Kier alpha value is -3.53. The Kier molecular flexibility index (Phi) is 5.55. The fourth-order valence-corrected chi connectivity index (χ4v) is 4.18. The minimum atomic E-state index is -1.05. The number of aromatic nitrogens is 4. The molecule has 0 aliphatic carbocycles. The Morgan fingerprint density at radius 3 is 2.81 bits per heavy atom. The van der Waals surface area contributed by atoms with Gasteiger partial charge in [-0.25, -0.2) is 9.37 Å². The molecule has 0 radical (unpaired) electrons. The molecular weight excluding hydrogens is 417 g/mol. The number of carboxylic acid groups (broad SMARTS) is 1. The van der Waals surface area contributed by atoms with Crippen LogP contribution in [0.25, 0.3) is 33.4 Å². The SMILES string of the molecule is Cc1nc2cc(O)c(-c3cc4ccn([C@@H]5CCNC(C)(C)[C@@H]5F)c4nn3)cc2o1.O=CO. The topological polar surface area (TPSA) is 126 Å². The van der Waals surface area contributed by atoms with Crippen molar-refractivity contribution in [1.29, 1.82) is 0 Å². The second-order valence-electron chi connectivity index (χ2n) is 8.31. The van der Waals surface area contributed by atoms with Gasteiger partial charge in [-0.2, -0.15) is 0 Å². The summed E-state index contributed by atoms with van der Waals surface area (Å²) >= 11 is 0. The highest BCUT2D eigenvalue weighted by Crippen LogP contribution is 2.36. The number of rotatable bonds is 2. The Morgan fingerprint density at radius 1 is 1.31 bits per heavy atom. The van der Waals surface area contributed by atoms with Crippen molar-refractivity contribution < 1.29 is 23.8 Å². The summed E-state index contributed by atoms with van der Waals surface area (Å²) in [6, 6.07) is 6.73. The predicted octanol–water partition coefficient (Wildman–Crippen LogP) is 3.61. The van der Waals surface area contributed by atoms with Gasteiger partial charge in [-0.15, -0.1) is 10.2 Å². The molecule has 10 heteroatoms. The van der Waals surface area contributed by atoms with Gasteiger partial charge >= 0.3 is 0 Å². The minimum Gasteiger partial charge on any atom is -0.507 e. The van der Waals surface area contributed by atoms with Gasteiger partial charge in [0, 0.05) is 35.7 Å². The lowest BCUT2D eigenvalue weighted by molar-refractivity contribution is -0.122. The number of benzene rings is 1. The molecule has 32 heavy (non-hydrogen) atoms. The van der Waals surface area contributed by atoms with Crippen molar-refractivity contribution in [3.05, 3.63) is 36.4 Å². The van der Waals surface area contributed by atoms with Crippen LogP contribution in [0.1, 0.15) is 32.2 Å². The first-order valence-corrected chi connectivity index (χ1v) is 10.2. The number of aromatic hydroxyl groups is 1. The zero-order valence-corrected chi connectivity index (χ0v) is 17.9. The van der Waals surface area contributed by atoms with E-state index in [4.69, 9.17) is 14.3 Å². The van der Waals surface area contributed by atoms with Crippen molar-refractivity contribution in [2.24, 2.45) is 0 Å². The Bertz CT molecular complexity index is 1280. The van der Waals surface area contributed by atoms with E-state index in [1.165, 1.54) is 0 Å². The normalized spacial score (nSPS) is 20.1. The van der Waals surface area contributed by atoms with Crippen LogP contribution in [0.4, 0.5) is 4.39 Å². The number of hydrogen-bond donors (Lipinski definition) is 3. The van der Waals surface area contributed by atoms with Gasteiger partial charge in [-0.05, 0) is 45.0 Å². The number of nitrogens with one attached hydrogen (secondary N) is 1. The molecule has 0 bridgehead atoms. The van der Waals surface area contributed by atoms with Crippen molar-refractivity contribution in [2.75, 3.05) is 6.54 Å². The van der Waals surface area contributed by atoms with E-state index in [1.807, 2.05) is 36.7 Å². The number of carbonyl (C=O) groups is 1. The van der Waals surface area contributed by atoms with Gasteiger partial charge in [0.15, 0.2) is 17.1 Å². The molecule has 1 aromatic carbocycles. The number of nitrogens with zero attached hydrogens (tertiary/aromatic N) is 4. The van der Waals surface area contributed by atoms with Gasteiger partial charge in [0.25, 0.3) is 6.47 Å². The molecule has 1 fully saturated rings. The largest absolute Gasteiger partial charge is 0.507 e. The van der Waals surface area contributed by atoms with Crippen LogP contribution in [0.2, 0.25) is 0 Å². The molecule has 0 amide bonds. The first kappa shape index (κ1) is 21.7. The number of phenols is 1. The van der Waals surface area contributed by atoms with E-state index in [2.05, 4.69) is 20.5 Å². The summed E-state index contributed by atoms with van der Waals surface area (Å²) < 4.78 is 22.5. The summed E-state index contributed by atoms with van der Waals surface area (Å²) in [5, 5.41) is 30.1. The summed E-state index contributed by atoms with van der Waals surface area (Å²) in [7, 11) is 0. The summed E-state index contributed by atoms with van der Waals surface area (Å²) in [4.78, 5) is 12.6. The van der Waals surface area contributed by atoms with Crippen LogP contribution in [0.5, 0.6) is 5.75 Å². The van der Waals surface area contributed by atoms with Gasteiger partial charge in [-0.1, -0.05) is 0 Å². The minimum absolute atomic E-state index is 0.0582. The monoisotopic (exact) mass is 441 g/mol. The zero-order valence-electron chi connectivity index (χ0n) is 17.9. The summed E-state index contributed by atoms with van der Waals surface area (Å²) in [5.74, 6) is 0.587. The highest BCUT2D eigenvalue weighted by atomic mass is 19.1. The van der Waals surface area contributed by atoms with Gasteiger partial charge < -0.3 is 24.5 Å². The first-order chi connectivity index (χ1) is 15.2. The number of phenolic OH excluding ortho intramolecular Hbond substituents is 1. The van der Waals surface area contributed by atoms with Crippen LogP contribution < -0.4 is 5.32 Å². The van der Waals surface area contributed by atoms with E-state index in [1.54, 1.807) is 19.1 Å². The van der Waals surface area contributed by atoms with E-state index < -0.39 is 11.7 Å². The average Bonchev–Trinajstić information content (AvgIpc) is 3.31. The number of hydrogen-bond acceptors (Lipinski definition) is 7. The summed E-state index contributed by atoms with van der Waals surface area (Å²) in [5.41, 5.74) is 2.24. The second-order valence-corrected chi connectivity index (χ2v) is 8.31. The molecule has 3 N–H and O–H groups in total. The third-order valence-electron chi connectivity index (χ3n) is 5.76. The van der Waals surface area contributed by atoms with Gasteiger partial charge in [-0.3, -0.25) is 4.79 Å². The number of alkyl halides is 1. The summed E-state index contributed by atoms with van der Waals surface area (Å²) in [6.45, 7) is 6.01. The molecule has 0 unspecified atom stereocenters. The quantitative estimate of drug-likeness (QED) is 0.403. The van der Waals surface area contributed by atoms with Crippen LogP contribution in [0, 0.1) is 6.92 Å². The highest BCUT2D eigenvalue weighted by Gasteiger charge is 2.40. The van der Waals surface area contributed by atoms with Crippen molar-refractivity contribution in [3.63, 3.8) is 0 Å². The van der Waals surface area contributed by atoms with Gasteiger partial charge in [0.05, 0.1) is 11.7 Å². The molecule has 168 valence electrons. The van der Waals surface area contributed by atoms with Crippen LogP contribution in [-0.4, -0.2) is 54.7 Å². The van der Waals surface area contributed by atoms with E-state index in [-0.39, 0.29) is 18.3 Å². The predicted molar refractivity (Wildman–Crippen MR) is 116 cm³/mol. The number of oxazole rings is 1. The van der Waals surface area contributed by atoms with E-state index in [0.29, 0.717) is 40.3 Å². The fraction of sp³-hybridized carbons (Fsp3) is 0.364. The van der Waals surface area contributed by atoms with Crippen LogP contribution >= 0.6 is 0 Å². The van der Waals surface area contributed by atoms with Gasteiger partial charge in [0.2, 0.25) is 0 Å². The molecule has 1 aliphatic rings. The summed E-state index contributed by atoms with van der Waals surface area (Å²) in [6.07, 6.45) is 1.50. The molecule has 1 saturated heterocycles. The molecule has 4 aromatic rings. The standard InChI is InChI=1S/C21H22FN5O2.CH2O2/c1-11-24-15-10-17(28)13(9-18(15)29-11)14-8-12-5-7-27(20(12)26-25-14)16-4-6-23-21(2,3)19(16)22;2-1-3/h5,7-10,16,19,23,28H,4,6H2,1-3H3;1H,(H,2,3)/t16-,19-;/m1./s1. The smallest absolute Gasteiger partial charge is 0.290 e. The van der Waals surface area contributed by atoms with Crippen molar-refractivity contribution in [3.8, 4) is 17.0 Å². The molecule has 0 saturated carbocycles. The number of piperidine rings is 1. The molecule has 9 nitrogen and oxygen atoms in total. The van der Waals surface area contributed by atoms with Crippen molar-refractivity contribution in [2.45, 2.75) is 44.9 Å². The third-order valence-corrected chi connectivity index (χ3v) is 5.76. The number of halogens is 1. The van der Waals surface area contributed by atoms with Crippen LogP contribution in [0.15, 0.2) is 34.9 Å². The number of aryl methyl sites for hydroxylation is 1. The first-order valence-electron chi connectivity index (χ1n) is 10.2. The lowest BCUT2D eigenvalue weighted by Crippen LogP contribution is -2.55. The van der Waals surface area contributed by atoms with Gasteiger partial charge in [0.1, 0.15) is 17.4 Å². The highest BCUT2D eigenvalue weighted by molar-refractivity contribution is 5.86. The molecule has 4 heterocycles. The molecule has 1 aliphatic heterocycles. The second kappa shape index (κ2) is 8.19.